The van der Waals surface area contributed by atoms with Crippen molar-refractivity contribution in [3.8, 4) is 22.8 Å². The second-order valence-electron chi connectivity index (χ2n) is 11.0. The number of aromatic nitrogens is 6. The van der Waals surface area contributed by atoms with Gasteiger partial charge in [-0.25, -0.2) is 14.8 Å². The van der Waals surface area contributed by atoms with Crippen LogP contribution in [-0.4, -0.2) is 53.5 Å². The number of anilines is 1. The topological polar surface area (TPSA) is 126 Å². The number of H-pyrrole nitrogens is 1. The van der Waals surface area contributed by atoms with E-state index in [2.05, 4.69) is 45.4 Å². The molecule has 2 aliphatic rings. The fraction of sp³-hybridized carbons (Fsp3) is 0.519. The van der Waals surface area contributed by atoms with Crippen molar-refractivity contribution in [2.75, 3.05) is 11.4 Å². The third-order valence-corrected chi connectivity index (χ3v) is 8.48. The van der Waals surface area contributed by atoms with E-state index >= 15 is 0 Å². The quantitative estimate of drug-likeness (QED) is 0.370. The zero-order chi connectivity index (χ0) is 26.6. The number of halogens is 1. The minimum absolute atomic E-state index is 0.134. The summed E-state index contributed by atoms with van der Waals surface area (Å²) >= 11 is 6.36. The molecule has 0 radical (unpaired) electrons. The van der Waals surface area contributed by atoms with Crippen molar-refractivity contribution in [2.24, 2.45) is 11.8 Å². The summed E-state index contributed by atoms with van der Waals surface area (Å²) in [5.74, 6) is 1.62. The molecule has 6 rings (SSSR count). The molecule has 4 aromatic rings. The minimum Gasteiger partial charge on any atom is -0.391 e. The number of hydrogen-bond acceptors (Lipinski definition) is 8. The Labute approximate surface area is 225 Å². The lowest BCUT2D eigenvalue weighted by Crippen LogP contribution is -2.32. The van der Waals surface area contributed by atoms with Crippen molar-refractivity contribution in [1.82, 2.24) is 29.7 Å². The Bertz CT molecular complexity index is 1520. The molecular weight excluding hydrogens is 506 g/mol. The Hall–Kier alpha value is -3.24. The fourth-order valence-electron chi connectivity index (χ4n) is 6.16. The lowest BCUT2D eigenvalue weighted by atomic mass is 9.79. The molecule has 2 fully saturated rings. The highest BCUT2D eigenvalue weighted by atomic mass is 35.5. The van der Waals surface area contributed by atoms with Crippen LogP contribution < -0.4 is 10.7 Å². The summed E-state index contributed by atoms with van der Waals surface area (Å²) in [5, 5.41) is 14.9. The zero-order valence-electron chi connectivity index (χ0n) is 21.8. The number of aliphatic hydroxyl groups is 1. The molecule has 3 atom stereocenters. The Morgan fingerprint density at radius 1 is 1.16 bits per heavy atom. The standard InChI is InChI=1S/C27H32ClN7O3/c1-14-4-6-17(7-5-14)16(3)35-24-21(31-26(35)34-13-20(36)8-15(34)2)10-22(25-32-27(37)38-33-25)30-23(24)18-9-19(28)12-29-11-18/h9-12,14-17,20,36H,4-8,13H2,1-3H3,(H,32,33,37)/t14?,15-,16?,17?,20-/m0/s1. The third kappa shape index (κ3) is 4.49. The first-order valence-corrected chi connectivity index (χ1v) is 13.7. The van der Waals surface area contributed by atoms with Crippen LogP contribution in [-0.2, 0) is 0 Å². The summed E-state index contributed by atoms with van der Waals surface area (Å²) < 4.78 is 7.07. The van der Waals surface area contributed by atoms with Gasteiger partial charge in [0.05, 0.1) is 27.9 Å². The van der Waals surface area contributed by atoms with Gasteiger partial charge in [0.2, 0.25) is 11.8 Å². The maximum Gasteiger partial charge on any atom is 0.439 e. The maximum atomic E-state index is 11.7. The molecule has 0 spiro atoms. The number of aromatic amines is 1. The van der Waals surface area contributed by atoms with E-state index in [0.29, 0.717) is 40.8 Å². The Morgan fingerprint density at radius 2 is 1.95 bits per heavy atom. The molecule has 38 heavy (non-hydrogen) atoms. The fourth-order valence-corrected chi connectivity index (χ4v) is 6.34. The van der Waals surface area contributed by atoms with E-state index in [1.54, 1.807) is 12.4 Å². The molecular formula is C27H32ClN7O3. The molecule has 2 N–H and O–H groups in total. The van der Waals surface area contributed by atoms with Crippen molar-refractivity contribution in [3.63, 3.8) is 0 Å². The number of aliphatic hydroxyl groups excluding tert-OH is 1. The molecule has 200 valence electrons. The first kappa shape index (κ1) is 25.1. The third-order valence-electron chi connectivity index (χ3n) is 8.27. The maximum absolute atomic E-state index is 11.7. The normalized spacial score (nSPS) is 24.8. The number of imidazole rings is 1. The average Bonchev–Trinajstić information content (AvgIpc) is 3.59. The van der Waals surface area contributed by atoms with Crippen molar-refractivity contribution in [2.45, 2.75) is 71.1 Å². The lowest BCUT2D eigenvalue weighted by molar-refractivity contribution is 0.195. The molecule has 0 bridgehead atoms. The van der Waals surface area contributed by atoms with Crippen LogP contribution in [0.2, 0.25) is 5.02 Å². The number of pyridine rings is 2. The van der Waals surface area contributed by atoms with Crippen LogP contribution in [0.5, 0.6) is 0 Å². The highest BCUT2D eigenvalue weighted by Crippen LogP contribution is 2.42. The van der Waals surface area contributed by atoms with Gasteiger partial charge in [-0.3, -0.25) is 14.5 Å². The van der Waals surface area contributed by atoms with Gasteiger partial charge in [-0.05, 0) is 57.1 Å². The molecule has 1 saturated heterocycles. The van der Waals surface area contributed by atoms with E-state index < -0.39 is 11.9 Å². The monoisotopic (exact) mass is 537 g/mol. The van der Waals surface area contributed by atoms with E-state index in [9.17, 15) is 9.90 Å². The van der Waals surface area contributed by atoms with Crippen molar-refractivity contribution >= 4 is 28.6 Å². The Balaban J connectivity index is 1.61. The smallest absolute Gasteiger partial charge is 0.391 e. The van der Waals surface area contributed by atoms with Crippen LogP contribution >= 0.6 is 11.6 Å². The van der Waals surface area contributed by atoms with Crippen molar-refractivity contribution < 1.29 is 9.63 Å². The molecule has 4 aromatic heterocycles. The Morgan fingerprint density at radius 3 is 2.61 bits per heavy atom. The number of hydrogen-bond donors (Lipinski definition) is 2. The number of nitrogens with zero attached hydrogens (tertiary/aromatic N) is 6. The van der Waals surface area contributed by atoms with E-state index in [1.165, 1.54) is 12.8 Å². The van der Waals surface area contributed by atoms with Crippen LogP contribution in [0.4, 0.5) is 5.95 Å². The van der Waals surface area contributed by atoms with E-state index in [1.807, 2.05) is 12.1 Å². The second kappa shape index (κ2) is 9.81. The van der Waals surface area contributed by atoms with Gasteiger partial charge in [0.25, 0.3) is 0 Å². The number of nitrogens with one attached hydrogen (secondary N) is 1. The molecule has 1 aliphatic carbocycles. The molecule has 0 amide bonds. The molecule has 1 unspecified atom stereocenters. The molecule has 0 aromatic carbocycles. The first-order valence-electron chi connectivity index (χ1n) is 13.3. The molecule has 1 aliphatic heterocycles. The molecule has 5 heterocycles. The lowest BCUT2D eigenvalue weighted by Gasteiger charge is -2.34. The van der Waals surface area contributed by atoms with Crippen LogP contribution in [0.25, 0.3) is 33.8 Å². The Kier molecular flexibility index (Phi) is 6.47. The molecule has 1 saturated carbocycles. The van der Waals surface area contributed by atoms with Crippen molar-refractivity contribution in [1.29, 1.82) is 0 Å². The summed E-state index contributed by atoms with van der Waals surface area (Å²) in [6.45, 7) is 7.24. The number of rotatable bonds is 5. The van der Waals surface area contributed by atoms with Gasteiger partial charge in [-0.2, -0.15) is 0 Å². The number of fused-ring (bicyclic) bond motifs is 1. The summed E-state index contributed by atoms with van der Waals surface area (Å²) in [6.07, 6.45) is 8.32. The molecule has 11 heteroatoms. The highest BCUT2D eigenvalue weighted by molar-refractivity contribution is 6.30. The van der Waals surface area contributed by atoms with Crippen LogP contribution in [0, 0.1) is 11.8 Å². The largest absolute Gasteiger partial charge is 0.439 e. The van der Waals surface area contributed by atoms with E-state index in [0.717, 1.165) is 35.8 Å². The first-order chi connectivity index (χ1) is 18.3. The zero-order valence-corrected chi connectivity index (χ0v) is 22.5. The van der Waals surface area contributed by atoms with E-state index in [-0.39, 0.29) is 17.9 Å². The van der Waals surface area contributed by atoms with Gasteiger partial charge >= 0.3 is 5.76 Å². The predicted molar refractivity (Wildman–Crippen MR) is 145 cm³/mol. The summed E-state index contributed by atoms with van der Waals surface area (Å²) in [6, 6.07) is 3.95. The van der Waals surface area contributed by atoms with Gasteiger partial charge in [0, 0.05) is 36.6 Å². The summed E-state index contributed by atoms with van der Waals surface area (Å²) in [4.78, 5) is 30.9. The summed E-state index contributed by atoms with van der Waals surface area (Å²) in [5.41, 5.74) is 3.41. The van der Waals surface area contributed by atoms with Gasteiger partial charge < -0.3 is 14.6 Å². The van der Waals surface area contributed by atoms with Crippen LogP contribution in [0.15, 0.2) is 33.8 Å². The van der Waals surface area contributed by atoms with E-state index in [4.69, 9.17) is 26.1 Å². The second-order valence-corrected chi connectivity index (χ2v) is 11.4. The van der Waals surface area contributed by atoms with Crippen LogP contribution in [0.1, 0.15) is 58.9 Å². The van der Waals surface area contributed by atoms with Gasteiger partial charge in [0.15, 0.2) is 0 Å². The van der Waals surface area contributed by atoms with Crippen molar-refractivity contribution in [3.05, 3.63) is 40.1 Å². The summed E-state index contributed by atoms with van der Waals surface area (Å²) in [7, 11) is 0. The SMILES string of the molecule is CC1CCC(C(C)n2c(N3C[C@@H](O)C[C@@H]3C)nc3cc(-c4noc(=O)[nH]4)nc(-c4cncc(Cl)c4)c32)CC1. The van der Waals surface area contributed by atoms with Gasteiger partial charge in [-0.1, -0.05) is 36.5 Å². The highest BCUT2D eigenvalue weighted by Gasteiger charge is 2.35. The molecule has 10 nitrogen and oxygen atoms in total. The minimum atomic E-state index is -0.654. The predicted octanol–water partition coefficient (Wildman–Crippen LogP) is 4.84. The van der Waals surface area contributed by atoms with Gasteiger partial charge in [-0.15, -0.1) is 0 Å². The van der Waals surface area contributed by atoms with Gasteiger partial charge in [0.1, 0.15) is 5.69 Å². The van der Waals surface area contributed by atoms with Crippen LogP contribution in [0.3, 0.4) is 0 Å². The number of β-amino-alcohol motifs (C(OH)–C–C–N with tert-alkyl or cyclic N) is 1. The average molecular weight is 538 g/mol.